The third-order valence-corrected chi connectivity index (χ3v) is 3.35. The number of hydrogen-bond acceptors (Lipinski definition) is 4. The predicted octanol–water partition coefficient (Wildman–Crippen LogP) is 2.36. The summed E-state index contributed by atoms with van der Waals surface area (Å²) in [5.74, 6) is 0. The lowest BCUT2D eigenvalue weighted by Gasteiger charge is -2.14. The van der Waals surface area contributed by atoms with Crippen molar-refractivity contribution >= 4 is 11.6 Å². The monoisotopic (exact) mass is 285 g/mol. The minimum absolute atomic E-state index is 0.416. The van der Waals surface area contributed by atoms with Gasteiger partial charge in [0.1, 0.15) is 0 Å². The van der Waals surface area contributed by atoms with Crippen LogP contribution in [0.25, 0.3) is 5.69 Å². The van der Waals surface area contributed by atoms with Crippen molar-refractivity contribution in [3.8, 4) is 5.69 Å². The molecule has 0 fully saturated rings. The number of aromatic nitrogens is 4. The Morgan fingerprint density at radius 1 is 1.10 bits per heavy atom. The van der Waals surface area contributed by atoms with Gasteiger partial charge >= 0.3 is 0 Å². The van der Waals surface area contributed by atoms with Gasteiger partial charge in [0.15, 0.2) is 0 Å². The quantitative estimate of drug-likeness (QED) is 0.802. The molecule has 1 atom stereocenters. The maximum atomic E-state index is 6.29. The van der Waals surface area contributed by atoms with Crippen LogP contribution in [0.1, 0.15) is 17.3 Å². The van der Waals surface area contributed by atoms with Gasteiger partial charge in [0.05, 0.1) is 28.6 Å². The first-order chi connectivity index (χ1) is 9.77. The van der Waals surface area contributed by atoms with E-state index in [1.54, 1.807) is 29.3 Å². The summed E-state index contributed by atoms with van der Waals surface area (Å²) in [4.78, 5) is 3.96. The number of halogens is 1. The highest BCUT2D eigenvalue weighted by atomic mass is 35.5. The lowest BCUT2D eigenvalue weighted by molar-refractivity contribution is 0.719. The van der Waals surface area contributed by atoms with Gasteiger partial charge in [-0.3, -0.25) is 4.98 Å². The van der Waals surface area contributed by atoms with Crippen molar-refractivity contribution in [2.75, 3.05) is 0 Å². The van der Waals surface area contributed by atoms with E-state index in [4.69, 9.17) is 17.3 Å². The second-order valence-corrected chi connectivity index (χ2v) is 4.69. The van der Waals surface area contributed by atoms with E-state index < -0.39 is 6.04 Å². The average Bonchev–Trinajstić information content (AvgIpc) is 2.97. The van der Waals surface area contributed by atoms with Crippen molar-refractivity contribution in [1.82, 2.24) is 20.0 Å². The molecule has 0 amide bonds. The number of nitrogens with zero attached hydrogens (tertiary/aromatic N) is 4. The molecule has 0 spiro atoms. The van der Waals surface area contributed by atoms with Gasteiger partial charge in [-0.05, 0) is 23.8 Å². The summed E-state index contributed by atoms with van der Waals surface area (Å²) < 4.78 is 1.71. The van der Waals surface area contributed by atoms with Gasteiger partial charge in [0.2, 0.25) is 0 Å². The lowest BCUT2D eigenvalue weighted by Crippen LogP contribution is -2.17. The second kappa shape index (κ2) is 5.40. The third kappa shape index (κ3) is 2.29. The molecule has 3 aromatic rings. The molecular weight excluding hydrogens is 274 g/mol. The largest absolute Gasteiger partial charge is 0.319 e. The van der Waals surface area contributed by atoms with Crippen molar-refractivity contribution < 1.29 is 0 Å². The Labute approximate surface area is 121 Å². The van der Waals surface area contributed by atoms with Crippen LogP contribution in [-0.2, 0) is 0 Å². The molecule has 20 heavy (non-hydrogen) atoms. The maximum Gasteiger partial charge on any atom is 0.0858 e. The molecule has 3 rings (SSSR count). The highest BCUT2D eigenvalue weighted by molar-refractivity contribution is 6.31. The van der Waals surface area contributed by atoms with Gasteiger partial charge in [0.25, 0.3) is 0 Å². The van der Waals surface area contributed by atoms with Crippen LogP contribution < -0.4 is 5.73 Å². The molecule has 1 unspecified atom stereocenters. The van der Waals surface area contributed by atoms with E-state index in [-0.39, 0.29) is 0 Å². The molecule has 0 saturated carbocycles. The first-order valence-electron chi connectivity index (χ1n) is 6.08. The predicted molar refractivity (Wildman–Crippen MR) is 76.6 cm³/mol. The standard InChI is InChI=1S/C14H12ClN5/c15-12-8-17-7-6-11(12)14(16)13-9-18-19-20(13)10-4-2-1-3-5-10/h1-9,14H,16H2. The Bertz CT molecular complexity index is 710. The van der Waals surface area contributed by atoms with Crippen LogP contribution in [0.4, 0.5) is 0 Å². The molecule has 0 aliphatic rings. The second-order valence-electron chi connectivity index (χ2n) is 4.28. The number of para-hydroxylation sites is 1. The zero-order valence-electron chi connectivity index (χ0n) is 10.5. The van der Waals surface area contributed by atoms with Crippen molar-refractivity contribution in [3.05, 3.63) is 71.3 Å². The smallest absolute Gasteiger partial charge is 0.0858 e. The van der Waals surface area contributed by atoms with Gasteiger partial charge in [-0.1, -0.05) is 35.0 Å². The molecule has 0 aliphatic heterocycles. The number of rotatable bonds is 3. The summed E-state index contributed by atoms with van der Waals surface area (Å²) in [7, 11) is 0. The molecular formula is C14H12ClN5. The molecule has 6 heteroatoms. The Morgan fingerprint density at radius 3 is 2.65 bits per heavy atom. The van der Waals surface area contributed by atoms with Crippen molar-refractivity contribution in [2.45, 2.75) is 6.04 Å². The fourth-order valence-corrected chi connectivity index (χ4v) is 2.26. The highest BCUT2D eigenvalue weighted by Crippen LogP contribution is 2.26. The average molecular weight is 286 g/mol. The number of hydrogen-bond donors (Lipinski definition) is 1. The lowest BCUT2D eigenvalue weighted by atomic mass is 10.1. The molecule has 100 valence electrons. The minimum Gasteiger partial charge on any atom is -0.319 e. The van der Waals surface area contributed by atoms with Crippen molar-refractivity contribution in [1.29, 1.82) is 0 Å². The maximum absolute atomic E-state index is 6.29. The van der Waals surface area contributed by atoms with Crippen LogP contribution in [0.2, 0.25) is 5.02 Å². The van der Waals surface area contributed by atoms with Crippen molar-refractivity contribution in [2.24, 2.45) is 5.73 Å². The molecule has 2 heterocycles. The van der Waals surface area contributed by atoms with E-state index in [1.807, 2.05) is 30.3 Å². The Kier molecular flexibility index (Phi) is 3.45. The fraction of sp³-hybridized carbons (Fsp3) is 0.0714. The SMILES string of the molecule is NC(c1ccncc1Cl)c1cnnn1-c1ccccc1. The molecule has 5 nitrogen and oxygen atoms in total. The van der Waals surface area contributed by atoms with E-state index in [2.05, 4.69) is 15.3 Å². The summed E-state index contributed by atoms with van der Waals surface area (Å²) in [6, 6.07) is 11.1. The number of nitrogens with two attached hydrogens (primary N) is 1. The first-order valence-corrected chi connectivity index (χ1v) is 6.46. The Hall–Kier alpha value is -2.24. The van der Waals surface area contributed by atoms with E-state index in [0.717, 1.165) is 16.9 Å². The number of pyridine rings is 1. The zero-order valence-corrected chi connectivity index (χ0v) is 11.3. The van der Waals surface area contributed by atoms with Gasteiger partial charge < -0.3 is 5.73 Å². The molecule has 0 saturated heterocycles. The minimum atomic E-state index is -0.416. The van der Waals surface area contributed by atoms with E-state index >= 15 is 0 Å². The van der Waals surface area contributed by atoms with E-state index in [1.165, 1.54) is 0 Å². The highest BCUT2D eigenvalue weighted by Gasteiger charge is 2.18. The van der Waals surface area contributed by atoms with Crippen LogP contribution in [-0.4, -0.2) is 20.0 Å². The molecule has 2 N–H and O–H groups in total. The Morgan fingerprint density at radius 2 is 1.90 bits per heavy atom. The van der Waals surface area contributed by atoms with Crippen LogP contribution in [0.15, 0.2) is 55.0 Å². The van der Waals surface area contributed by atoms with Gasteiger partial charge in [-0.2, -0.15) is 0 Å². The summed E-state index contributed by atoms with van der Waals surface area (Å²) in [6.07, 6.45) is 4.89. The molecule has 0 aliphatic carbocycles. The normalized spacial score (nSPS) is 12.3. The van der Waals surface area contributed by atoms with Gasteiger partial charge in [0, 0.05) is 12.4 Å². The van der Waals surface area contributed by atoms with Crippen molar-refractivity contribution in [3.63, 3.8) is 0 Å². The van der Waals surface area contributed by atoms with Crippen LogP contribution in [0, 0.1) is 0 Å². The fourth-order valence-electron chi connectivity index (χ4n) is 2.02. The molecule has 0 bridgehead atoms. The molecule has 1 aromatic carbocycles. The zero-order chi connectivity index (χ0) is 13.9. The third-order valence-electron chi connectivity index (χ3n) is 3.03. The van der Waals surface area contributed by atoms with Gasteiger partial charge in [-0.25, -0.2) is 4.68 Å². The van der Waals surface area contributed by atoms with Gasteiger partial charge in [-0.15, -0.1) is 5.10 Å². The van der Waals surface area contributed by atoms with E-state index in [9.17, 15) is 0 Å². The summed E-state index contributed by atoms with van der Waals surface area (Å²) >= 11 is 6.14. The van der Waals surface area contributed by atoms with Crippen LogP contribution in [0.3, 0.4) is 0 Å². The summed E-state index contributed by atoms with van der Waals surface area (Å²) in [5.41, 5.74) is 8.75. The number of benzene rings is 1. The topological polar surface area (TPSA) is 69.6 Å². The Balaban J connectivity index is 2.04. The van der Waals surface area contributed by atoms with Crippen LogP contribution >= 0.6 is 11.6 Å². The van der Waals surface area contributed by atoms with E-state index in [0.29, 0.717) is 5.02 Å². The molecule has 2 aromatic heterocycles. The van der Waals surface area contributed by atoms with Crippen LogP contribution in [0.5, 0.6) is 0 Å². The first kappa shape index (κ1) is 12.8. The molecule has 0 radical (unpaired) electrons. The summed E-state index contributed by atoms with van der Waals surface area (Å²) in [5, 5.41) is 8.57. The summed E-state index contributed by atoms with van der Waals surface area (Å²) in [6.45, 7) is 0.